The average molecular weight is 258 g/mol. The zero-order chi connectivity index (χ0) is 14.0. The predicted molar refractivity (Wildman–Crippen MR) is 76.1 cm³/mol. The zero-order valence-electron chi connectivity index (χ0n) is 12.2. The predicted octanol–water partition coefficient (Wildman–Crippen LogP) is 3.16. The van der Waals surface area contributed by atoms with Crippen molar-refractivity contribution >= 4 is 0 Å². The fourth-order valence-electron chi connectivity index (χ4n) is 2.97. The van der Waals surface area contributed by atoms with Crippen molar-refractivity contribution in [2.45, 2.75) is 32.7 Å². The molecule has 0 amide bonds. The van der Waals surface area contributed by atoms with Gasteiger partial charge in [0.15, 0.2) is 0 Å². The molecule has 3 heteroatoms. The highest BCUT2D eigenvalue weighted by Gasteiger charge is 2.33. The minimum Gasteiger partial charge on any atom is -0.493 e. The Labute approximate surface area is 115 Å². The van der Waals surface area contributed by atoms with Crippen molar-refractivity contribution in [3.05, 3.63) is 29.3 Å². The molecule has 1 aliphatic rings. The van der Waals surface area contributed by atoms with Crippen LogP contribution in [0, 0.1) is 16.7 Å². The van der Waals surface area contributed by atoms with Gasteiger partial charge in [-0.05, 0) is 58.0 Å². The lowest BCUT2D eigenvalue weighted by atomic mass is 9.80. The largest absolute Gasteiger partial charge is 0.493 e. The van der Waals surface area contributed by atoms with E-state index in [2.05, 4.69) is 23.1 Å². The molecule has 0 saturated heterocycles. The molecule has 0 fully saturated rings. The van der Waals surface area contributed by atoms with Crippen molar-refractivity contribution < 1.29 is 4.74 Å². The van der Waals surface area contributed by atoms with Crippen LogP contribution in [0.4, 0.5) is 0 Å². The van der Waals surface area contributed by atoms with Gasteiger partial charge in [-0.1, -0.05) is 12.1 Å². The van der Waals surface area contributed by atoms with Gasteiger partial charge in [-0.25, -0.2) is 0 Å². The zero-order valence-corrected chi connectivity index (χ0v) is 12.2. The Kier molecular flexibility index (Phi) is 3.82. The summed E-state index contributed by atoms with van der Waals surface area (Å²) in [6.07, 6.45) is 2.14. The number of hydrogen-bond acceptors (Lipinski definition) is 3. The Bertz CT molecular complexity index is 500. The van der Waals surface area contributed by atoms with Gasteiger partial charge in [0.25, 0.3) is 0 Å². The van der Waals surface area contributed by atoms with E-state index in [4.69, 9.17) is 4.74 Å². The highest BCUT2D eigenvalue weighted by atomic mass is 16.5. The molecule has 0 N–H and O–H groups in total. The number of fused-ring (bicyclic) bond motifs is 1. The van der Waals surface area contributed by atoms with Crippen LogP contribution in [-0.4, -0.2) is 25.6 Å². The summed E-state index contributed by atoms with van der Waals surface area (Å²) in [6, 6.07) is 8.86. The van der Waals surface area contributed by atoms with Crippen LogP contribution in [0.25, 0.3) is 0 Å². The normalized spacial score (nSPS) is 16.4. The van der Waals surface area contributed by atoms with E-state index < -0.39 is 5.41 Å². The first-order valence-corrected chi connectivity index (χ1v) is 6.79. The maximum atomic E-state index is 9.41. The van der Waals surface area contributed by atoms with Gasteiger partial charge in [0.05, 0.1) is 24.1 Å². The summed E-state index contributed by atoms with van der Waals surface area (Å²) in [7, 11) is 4.05. The van der Waals surface area contributed by atoms with E-state index in [0.29, 0.717) is 0 Å². The maximum Gasteiger partial charge on any atom is 0.122 e. The lowest BCUT2D eigenvalue weighted by Gasteiger charge is -2.34. The van der Waals surface area contributed by atoms with Crippen molar-refractivity contribution in [1.82, 2.24) is 4.90 Å². The molecule has 1 atom stereocenters. The van der Waals surface area contributed by atoms with Crippen molar-refractivity contribution in [1.29, 1.82) is 5.26 Å². The maximum absolute atomic E-state index is 9.41. The van der Waals surface area contributed by atoms with Gasteiger partial charge >= 0.3 is 0 Å². The SMILES string of the molecule is CN(C)C(c1ccc2c(c1)CCCO2)C(C)(C)C#N. The number of aryl methyl sites for hydroxylation is 1. The Morgan fingerprint density at radius 1 is 1.37 bits per heavy atom. The van der Waals surface area contributed by atoms with Crippen molar-refractivity contribution in [2.75, 3.05) is 20.7 Å². The van der Waals surface area contributed by atoms with Crippen molar-refractivity contribution in [2.24, 2.45) is 5.41 Å². The van der Waals surface area contributed by atoms with Gasteiger partial charge in [-0.3, -0.25) is 0 Å². The fourth-order valence-corrected chi connectivity index (χ4v) is 2.97. The average Bonchev–Trinajstić information content (AvgIpc) is 2.38. The van der Waals surface area contributed by atoms with E-state index in [1.165, 1.54) is 11.1 Å². The van der Waals surface area contributed by atoms with Crippen molar-refractivity contribution in [3.63, 3.8) is 0 Å². The molecule has 1 aromatic rings. The second-order valence-corrected chi connectivity index (χ2v) is 6.02. The van der Waals surface area contributed by atoms with Crippen LogP contribution in [-0.2, 0) is 6.42 Å². The molecule has 2 rings (SSSR count). The summed E-state index contributed by atoms with van der Waals surface area (Å²) in [5.74, 6) is 1.00. The quantitative estimate of drug-likeness (QED) is 0.835. The molecule has 1 unspecified atom stereocenters. The Hall–Kier alpha value is -1.53. The third-order valence-corrected chi connectivity index (χ3v) is 3.74. The topological polar surface area (TPSA) is 36.3 Å². The minimum absolute atomic E-state index is 0.0877. The summed E-state index contributed by atoms with van der Waals surface area (Å²) in [6.45, 7) is 4.80. The summed E-state index contributed by atoms with van der Waals surface area (Å²) >= 11 is 0. The standard InChI is InChI=1S/C16H22N2O/c1-16(2,11-17)15(18(3)4)13-7-8-14-12(10-13)6-5-9-19-14/h7-8,10,15H,5-6,9H2,1-4H3. The fraction of sp³-hybridized carbons (Fsp3) is 0.562. The molecule has 1 heterocycles. The van der Waals surface area contributed by atoms with E-state index in [1.807, 2.05) is 34.0 Å². The molecule has 0 spiro atoms. The molecule has 102 valence electrons. The number of ether oxygens (including phenoxy) is 1. The molecule has 0 saturated carbocycles. The summed E-state index contributed by atoms with van der Waals surface area (Å²) in [4.78, 5) is 2.12. The Morgan fingerprint density at radius 3 is 2.74 bits per heavy atom. The van der Waals surface area contributed by atoms with Gasteiger partial charge in [-0.2, -0.15) is 5.26 Å². The summed E-state index contributed by atoms with van der Waals surface area (Å²) < 4.78 is 5.65. The Balaban J connectivity index is 2.41. The van der Waals surface area contributed by atoms with Gasteiger partial charge < -0.3 is 9.64 Å². The smallest absolute Gasteiger partial charge is 0.122 e. The van der Waals surface area contributed by atoms with E-state index >= 15 is 0 Å². The Morgan fingerprint density at radius 2 is 2.11 bits per heavy atom. The van der Waals surface area contributed by atoms with Gasteiger partial charge in [0, 0.05) is 0 Å². The van der Waals surface area contributed by atoms with E-state index in [-0.39, 0.29) is 6.04 Å². The van der Waals surface area contributed by atoms with Crippen LogP contribution < -0.4 is 4.74 Å². The molecule has 3 nitrogen and oxygen atoms in total. The number of nitrogens with zero attached hydrogens (tertiary/aromatic N) is 2. The van der Waals surface area contributed by atoms with E-state index in [1.54, 1.807) is 0 Å². The first-order chi connectivity index (χ1) is 8.95. The summed E-state index contributed by atoms with van der Waals surface area (Å²) in [5, 5.41) is 9.41. The summed E-state index contributed by atoms with van der Waals surface area (Å²) in [5.41, 5.74) is 2.04. The second kappa shape index (κ2) is 5.22. The lowest BCUT2D eigenvalue weighted by Crippen LogP contribution is -2.32. The van der Waals surface area contributed by atoms with Crippen LogP contribution in [0.1, 0.15) is 37.4 Å². The van der Waals surface area contributed by atoms with Crippen LogP contribution in [0.15, 0.2) is 18.2 Å². The molecule has 0 aliphatic carbocycles. The molecular formula is C16H22N2O. The van der Waals surface area contributed by atoms with Crippen molar-refractivity contribution in [3.8, 4) is 11.8 Å². The molecule has 0 bridgehead atoms. The van der Waals surface area contributed by atoms with Crippen LogP contribution >= 0.6 is 0 Å². The first-order valence-electron chi connectivity index (χ1n) is 6.79. The second-order valence-electron chi connectivity index (χ2n) is 6.02. The van der Waals surface area contributed by atoms with Crippen LogP contribution in [0.2, 0.25) is 0 Å². The number of benzene rings is 1. The van der Waals surface area contributed by atoms with Gasteiger partial charge in [0.2, 0.25) is 0 Å². The highest BCUT2D eigenvalue weighted by Crippen LogP contribution is 2.38. The number of hydrogen-bond donors (Lipinski definition) is 0. The molecule has 0 radical (unpaired) electrons. The van der Waals surface area contributed by atoms with E-state index in [0.717, 1.165) is 25.2 Å². The molecule has 0 aromatic heterocycles. The van der Waals surface area contributed by atoms with Gasteiger partial charge in [-0.15, -0.1) is 0 Å². The van der Waals surface area contributed by atoms with Gasteiger partial charge in [0.1, 0.15) is 5.75 Å². The number of rotatable bonds is 3. The molecule has 1 aromatic carbocycles. The molecule has 1 aliphatic heterocycles. The lowest BCUT2D eigenvalue weighted by molar-refractivity contribution is 0.185. The first kappa shape index (κ1) is 13.9. The monoisotopic (exact) mass is 258 g/mol. The number of nitriles is 1. The third kappa shape index (κ3) is 2.74. The minimum atomic E-state index is -0.423. The van der Waals surface area contributed by atoms with E-state index in [9.17, 15) is 5.26 Å². The molecular weight excluding hydrogens is 236 g/mol. The third-order valence-electron chi connectivity index (χ3n) is 3.74. The molecule has 19 heavy (non-hydrogen) atoms. The van der Waals surface area contributed by atoms with Crippen LogP contribution in [0.3, 0.4) is 0 Å². The van der Waals surface area contributed by atoms with Crippen LogP contribution in [0.5, 0.6) is 5.75 Å². The highest BCUT2D eigenvalue weighted by molar-refractivity contribution is 5.40.